The molecule has 0 radical (unpaired) electrons. The molecule has 1 aliphatic heterocycles. The van der Waals surface area contributed by atoms with E-state index in [0.29, 0.717) is 24.6 Å². The van der Waals surface area contributed by atoms with Crippen LogP contribution in [0.3, 0.4) is 0 Å². The number of nitrogens with two attached hydrogens (primary N) is 1. The Balaban J connectivity index is 1.70. The van der Waals surface area contributed by atoms with Crippen LogP contribution in [0.5, 0.6) is 5.75 Å². The van der Waals surface area contributed by atoms with Crippen molar-refractivity contribution in [3.63, 3.8) is 0 Å². The molecule has 7 nitrogen and oxygen atoms in total. The number of carbonyl (C=O) groups excluding carboxylic acids is 1. The Bertz CT molecular complexity index is 1060. The summed E-state index contributed by atoms with van der Waals surface area (Å²) in [5, 5.41) is 4.36. The first-order valence-electron chi connectivity index (χ1n) is 8.53. The molecule has 0 fully saturated rings. The quantitative estimate of drug-likeness (QED) is 0.705. The average Bonchev–Trinajstić information content (AvgIpc) is 3.08. The molecule has 1 aromatic carbocycles. The number of fused-ring (bicyclic) bond motifs is 3. The highest BCUT2D eigenvalue weighted by molar-refractivity contribution is 5.91. The first-order valence-corrected chi connectivity index (χ1v) is 8.53. The number of hydrogen-bond donors (Lipinski definition) is 1. The lowest BCUT2D eigenvalue weighted by Crippen LogP contribution is -2.12. The van der Waals surface area contributed by atoms with Gasteiger partial charge in [-0.25, -0.2) is 14.6 Å². The van der Waals surface area contributed by atoms with Crippen molar-refractivity contribution in [2.45, 2.75) is 19.3 Å². The summed E-state index contributed by atoms with van der Waals surface area (Å²) < 4.78 is 7.61. The van der Waals surface area contributed by atoms with Gasteiger partial charge in [0.1, 0.15) is 17.3 Å². The van der Waals surface area contributed by atoms with Crippen molar-refractivity contribution in [1.29, 1.82) is 0 Å². The molecule has 0 bridgehead atoms. The van der Waals surface area contributed by atoms with E-state index in [9.17, 15) is 4.79 Å². The highest BCUT2D eigenvalue weighted by Crippen LogP contribution is 2.32. The van der Waals surface area contributed by atoms with Gasteiger partial charge in [0, 0.05) is 23.9 Å². The molecule has 0 spiro atoms. The zero-order valence-corrected chi connectivity index (χ0v) is 14.7. The van der Waals surface area contributed by atoms with Crippen LogP contribution >= 0.6 is 0 Å². The normalized spacial score (nSPS) is 14.8. The minimum Gasteiger partial charge on any atom is -0.491 e. The number of benzene rings is 1. The van der Waals surface area contributed by atoms with E-state index in [0.717, 1.165) is 16.9 Å². The number of rotatable bonds is 2. The summed E-state index contributed by atoms with van der Waals surface area (Å²) in [5.41, 5.74) is 8.07. The number of ether oxygens (including phenoxy) is 1. The topological polar surface area (TPSA) is 95.9 Å². The van der Waals surface area contributed by atoms with Gasteiger partial charge in [-0.2, -0.15) is 5.10 Å². The van der Waals surface area contributed by atoms with Gasteiger partial charge in [-0.05, 0) is 30.3 Å². The van der Waals surface area contributed by atoms with E-state index in [1.165, 1.54) is 0 Å². The summed E-state index contributed by atoms with van der Waals surface area (Å²) in [6.07, 6.45) is 3.85. The molecule has 3 heterocycles. The molecule has 1 amide bonds. The lowest BCUT2D eigenvalue weighted by atomic mass is 10.1. The average molecular weight is 359 g/mol. The molecule has 1 atom stereocenters. The number of aromatic nitrogens is 4. The highest BCUT2D eigenvalue weighted by atomic mass is 16.5. The third-order valence-electron chi connectivity index (χ3n) is 4.27. The van der Waals surface area contributed by atoms with Crippen LogP contribution in [0.25, 0.3) is 5.69 Å². The SMILES string of the molecule is C[C@H]1COc2ccc(C#CCc3ncccn3)cc2-n2nc(C(N)=O)cc21. The Morgan fingerprint density at radius 3 is 2.93 bits per heavy atom. The van der Waals surface area contributed by atoms with Crippen molar-refractivity contribution in [1.82, 2.24) is 19.7 Å². The summed E-state index contributed by atoms with van der Waals surface area (Å²) >= 11 is 0. The first-order chi connectivity index (χ1) is 13.1. The number of nitrogens with zero attached hydrogens (tertiary/aromatic N) is 4. The van der Waals surface area contributed by atoms with E-state index < -0.39 is 5.91 Å². The van der Waals surface area contributed by atoms with Gasteiger partial charge in [0.2, 0.25) is 0 Å². The van der Waals surface area contributed by atoms with Crippen LogP contribution < -0.4 is 10.5 Å². The number of amides is 1. The van der Waals surface area contributed by atoms with Crippen molar-refractivity contribution in [2.75, 3.05) is 6.61 Å². The van der Waals surface area contributed by atoms with Crippen LogP contribution in [0.4, 0.5) is 0 Å². The van der Waals surface area contributed by atoms with E-state index in [1.54, 1.807) is 29.2 Å². The fraction of sp³-hybridized carbons (Fsp3) is 0.200. The molecular weight excluding hydrogens is 342 g/mol. The summed E-state index contributed by atoms with van der Waals surface area (Å²) in [6, 6.07) is 9.15. The third kappa shape index (κ3) is 3.37. The standard InChI is InChI=1S/C20H17N5O2/c1-13-12-27-18-7-6-14(4-2-5-19-22-8-3-9-23-19)10-17(18)25-16(13)11-15(24-25)20(21)26/h3,6-11,13H,5,12H2,1H3,(H2,21,26)/t13-/m0/s1. The van der Waals surface area contributed by atoms with Gasteiger partial charge in [-0.1, -0.05) is 18.8 Å². The molecule has 134 valence electrons. The zero-order valence-electron chi connectivity index (χ0n) is 14.7. The lowest BCUT2D eigenvalue weighted by Gasteiger charge is -2.08. The van der Waals surface area contributed by atoms with Crippen molar-refractivity contribution >= 4 is 5.91 Å². The maximum atomic E-state index is 11.5. The van der Waals surface area contributed by atoms with E-state index in [2.05, 4.69) is 26.9 Å². The van der Waals surface area contributed by atoms with Crippen LogP contribution in [0.15, 0.2) is 42.7 Å². The Morgan fingerprint density at radius 2 is 2.15 bits per heavy atom. The highest BCUT2D eigenvalue weighted by Gasteiger charge is 2.24. The monoisotopic (exact) mass is 359 g/mol. The molecule has 7 heteroatoms. The van der Waals surface area contributed by atoms with Gasteiger partial charge >= 0.3 is 0 Å². The molecule has 0 saturated heterocycles. The second-order valence-corrected chi connectivity index (χ2v) is 6.27. The third-order valence-corrected chi connectivity index (χ3v) is 4.27. The molecule has 2 aromatic heterocycles. The molecule has 27 heavy (non-hydrogen) atoms. The van der Waals surface area contributed by atoms with Gasteiger partial charge < -0.3 is 10.5 Å². The smallest absolute Gasteiger partial charge is 0.269 e. The number of carbonyl (C=O) groups is 1. The minimum atomic E-state index is -0.552. The number of primary amides is 1. The molecule has 2 N–H and O–H groups in total. The largest absolute Gasteiger partial charge is 0.491 e. The number of hydrogen-bond acceptors (Lipinski definition) is 5. The minimum absolute atomic E-state index is 0.0720. The van der Waals surface area contributed by atoms with Gasteiger partial charge in [-0.15, -0.1) is 0 Å². The molecule has 0 unspecified atom stereocenters. The van der Waals surface area contributed by atoms with E-state index >= 15 is 0 Å². The molecule has 1 aliphatic rings. The predicted molar refractivity (Wildman–Crippen MR) is 98.6 cm³/mol. The van der Waals surface area contributed by atoms with Crippen molar-refractivity contribution < 1.29 is 9.53 Å². The fourth-order valence-electron chi connectivity index (χ4n) is 2.89. The van der Waals surface area contributed by atoms with E-state index in [-0.39, 0.29) is 11.6 Å². The van der Waals surface area contributed by atoms with Crippen molar-refractivity contribution in [2.24, 2.45) is 5.73 Å². The fourth-order valence-corrected chi connectivity index (χ4v) is 2.89. The van der Waals surface area contributed by atoms with Crippen LogP contribution in [0, 0.1) is 11.8 Å². The Kier molecular flexibility index (Phi) is 4.30. The predicted octanol–water partition coefficient (Wildman–Crippen LogP) is 1.85. The van der Waals surface area contributed by atoms with Gasteiger partial charge in [0.05, 0.1) is 18.7 Å². The van der Waals surface area contributed by atoms with E-state index in [1.807, 2.05) is 25.1 Å². The maximum Gasteiger partial charge on any atom is 0.269 e. The van der Waals surface area contributed by atoms with Crippen LogP contribution in [0.2, 0.25) is 0 Å². The van der Waals surface area contributed by atoms with Gasteiger partial charge in [0.25, 0.3) is 5.91 Å². The van der Waals surface area contributed by atoms with Gasteiger partial charge in [0.15, 0.2) is 5.69 Å². The van der Waals surface area contributed by atoms with Crippen LogP contribution in [-0.4, -0.2) is 32.3 Å². The van der Waals surface area contributed by atoms with Crippen molar-refractivity contribution in [3.8, 4) is 23.3 Å². The lowest BCUT2D eigenvalue weighted by molar-refractivity contribution is 0.0995. The summed E-state index contributed by atoms with van der Waals surface area (Å²) in [5.74, 6) is 7.08. The summed E-state index contributed by atoms with van der Waals surface area (Å²) in [7, 11) is 0. The van der Waals surface area contributed by atoms with E-state index in [4.69, 9.17) is 10.5 Å². The molecule has 0 aliphatic carbocycles. The maximum absolute atomic E-state index is 11.5. The summed E-state index contributed by atoms with van der Waals surface area (Å²) in [4.78, 5) is 19.9. The second kappa shape index (κ2) is 6.92. The zero-order chi connectivity index (χ0) is 18.8. The van der Waals surface area contributed by atoms with Gasteiger partial charge in [-0.3, -0.25) is 4.79 Å². The molecule has 3 aromatic rings. The Hall–Kier alpha value is -3.66. The van der Waals surface area contributed by atoms with Crippen LogP contribution in [-0.2, 0) is 6.42 Å². The van der Waals surface area contributed by atoms with Crippen LogP contribution in [0.1, 0.15) is 40.4 Å². The molecular formula is C20H17N5O2. The van der Waals surface area contributed by atoms with Crippen molar-refractivity contribution in [3.05, 3.63) is 65.5 Å². The second-order valence-electron chi connectivity index (χ2n) is 6.27. The Morgan fingerprint density at radius 1 is 1.33 bits per heavy atom. The summed E-state index contributed by atoms with van der Waals surface area (Å²) in [6.45, 7) is 2.51. The Labute approximate surface area is 156 Å². The first kappa shape index (κ1) is 16.8. The molecule has 4 rings (SSSR count). The molecule has 0 saturated carbocycles.